The highest BCUT2D eigenvalue weighted by Crippen LogP contribution is 1.91. The molecule has 1 atom stereocenters. The number of hydrogen-bond donors (Lipinski definition) is 2. The Kier molecular flexibility index (Phi) is 2.56. The monoisotopic (exact) mass is 108 g/mol. The normalized spacial score (nSPS) is 14.0. The van der Waals surface area contributed by atoms with Gasteiger partial charge in [0.1, 0.15) is 0 Å². The van der Waals surface area contributed by atoms with Crippen molar-refractivity contribution >= 4 is 18.7 Å². The van der Waals surface area contributed by atoms with Gasteiger partial charge in [0.05, 0.1) is 5.28 Å². The predicted molar refractivity (Wildman–Crippen MR) is 25.5 cm³/mol. The molecule has 0 bridgehead atoms. The molecule has 0 aromatic carbocycles. The zero-order valence-electron chi connectivity index (χ0n) is 3.43. The van der Waals surface area contributed by atoms with Crippen LogP contribution >= 0.6 is 11.6 Å². The third-order valence-corrected chi connectivity index (χ3v) is 0.636. The SMILES string of the molecule is CC(Cl)B(O)O. The van der Waals surface area contributed by atoms with Gasteiger partial charge < -0.3 is 10.0 Å². The number of halogens is 1. The van der Waals surface area contributed by atoms with Gasteiger partial charge in [-0.1, -0.05) is 6.92 Å². The van der Waals surface area contributed by atoms with Gasteiger partial charge in [0.15, 0.2) is 0 Å². The fraction of sp³-hybridized carbons (Fsp3) is 1.00. The van der Waals surface area contributed by atoms with Crippen LogP contribution in [-0.2, 0) is 0 Å². The van der Waals surface area contributed by atoms with E-state index in [1.54, 1.807) is 0 Å². The highest BCUT2D eigenvalue weighted by molar-refractivity contribution is 6.56. The quantitative estimate of drug-likeness (QED) is 0.355. The Morgan fingerprint density at radius 3 is 1.83 bits per heavy atom. The predicted octanol–water partition coefficient (Wildman–Crippen LogP) is -0.374. The summed E-state index contributed by atoms with van der Waals surface area (Å²) in [5.41, 5.74) is 0. The molecule has 6 heavy (non-hydrogen) atoms. The lowest BCUT2D eigenvalue weighted by atomic mass is 9.87. The summed E-state index contributed by atoms with van der Waals surface area (Å²) in [6, 6.07) is 0. The van der Waals surface area contributed by atoms with Gasteiger partial charge in [-0.25, -0.2) is 0 Å². The summed E-state index contributed by atoms with van der Waals surface area (Å²) in [7, 11) is -1.38. The van der Waals surface area contributed by atoms with Gasteiger partial charge in [0, 0.05) is 0 Å². The molecule has 0 aliphatic rings. The van der Waals surface area contributed by atoms with E-state index in [0.29, 0.717) is 0 Å². The van der Waals surface area contributed by atoms with Crippen molar-refractivity contribution in [2.45, 2.75) is 12.2 Å². The average molecular weight is 108 g/mol. The van der Waals surface area contributed by atoms with Crippen molar-refractivity contribution in [3.8, 4) is 0 Å². The van der Waals surface area contributed by atoms with E-state index in [-0.39, 0.29) is 0 Å². The minimum atomic E-state index is -1.38. The summed E-state index contributed by atoms with van der Waals surface area (Å²) in [4.78, 5) is 0. The van der Waals surface area contributed by atoms with E-state index >= 15 is 0 Å². The van der Waals surface area contributed by atoms with Crippen LogP contribution in [0.5, 0.6) is 0 Å². The van der Waals surface area contributed by atoms with Gasteiger partial charge in [-0.3, -0.25) is 0 Å². The van der Waals surface area contributed by atoms with Gasteiger partial charge in [0.25, 0.3) is 0 Å². The fourth-order valence-electron chi connectivity index (χ4n) is 0. The van der Waals surface area contributed by atoms with E-state index in [9.17, 15) is 0 Å². The van der Waals surface area contributed by atoms with Crippen molar-refractivity contribution in [2.75, 3.05) is 0 Å². The Balaban J connectivity index is 2.99. The lowest BCUT2D eigenvalue weighted by Crippen LogP contribution is -2.22. The molecule has 0 heterocycles. The molecule has 4 heteroatoms. The van der Waals surface area contributed by atoms with Crippen LogP contribution in [0.25, 0.3) is 0 Å². The Bertz CT molecular complexity index is 32.5. The second kappa shape index (κ2) is 2.45. The molecule has 0 aliphatic heterocycles. The fourth-order valence-corrected chi connectivity index (χ4v) is 0. The highest BCUT2D eigenvalue weighted by Gasteiger charge is 2.12. The van der Waals surface area contributed by atoms with Crippen LogP contribution in [0.3, 0.4) is 0 Å². The molecule has 2 nitrogen and oxygen atoms in total. The second-order valence-corrected chi connectivity index (χ2v) is 1.78. The van der Waals surface area contributed by atoms with Crippen LogP contribution in [-0.4, -0.2) is 22.4 Å². The summed E-state index contributed by atoms with van der Waals surface area (Å²) in [5, 5.41) is 15.5. The molecule has 0 saturated heterocycles. The first kappa shape index (κ1) is 6.27. The molecule has 0 rings (SSSR count). The summed E-state index contributed by atoms with van der Waals surface area (Å²) in [5.74, 6) is 0. The number of rotatable bonds is 1. The first-order valence-electron chi connectivity index (χ1n) is 1.65. The Labute approximate surface area is 41.9 Å². The summed E-state index contributed by atoms with van der Waals surface area (Å²) >= 11 is 5.11. The van der Waals surface area contributed by atoms with Crippen LogP contribution in [0, 0.1) is 0 Å². The van der Waals surface area contributed by atoms with Crippen molar-refractivity contribution in [3.05, 3.63) is 0 Å². The Hall–Kier alpha value is 0.275. The number of hydrogen-bond acceptors (Lipinski definition) is 2. The van der Waals surface area contributed by atoms with Crippen molar-refractivity contribution in [3.63, 3.8) is 0 Å². The maximum atomic E-state index is 8.05. The molecular weight excluding hydrogens is 102 g/mol. The smallest absolute Gasteiger partial charge is 0.426 e. The molecule has 0 fully saturated rings. The molecule has 36 valence electrons. The number of alkyl halides is 1. The third-order valence-electron chi connectivity index (χ3n) is 0.411. The van der Waals surface area contributed by atoms with Crippen LogP contribution in [0.4, 0.5) is 0 Å². The van der Waals surface area contributed by atoms with E-state index in [0.717, 1.165) is 0 Å². The summed E-state index contributed by atoms with van der Waals surface area (Å²) in [6.07, 6.45) is 0. The largest absolute Gasteiger partial charge is 0.470 e. The lowest BCUT2D eigenvalue weighted by molar-refractivity contribution is 0.404. The first-order valence-corrected chi connectivity index (χ1v) is 2.08. The van der Waals surface area contributed by atoms with E-state index < -0.39 is 12.4 Å². The Morgan fingerprint density at radius 2 is 1.83 bits per heavy atom. The lowest BCUT2D eigenvalue weighted by Gasteiger charge is -1.94. The standard InChI is InChI=1S/C2H6BClO2/c1-2(4)3(5)6/h2,5-6H,1H3. The van der Waals surface area contributed by atoms with Crippen LogP contribution in [0.1, 0.15) is 6.92 Å². The molecule has 0 saturated carbocycles. The summed E-state index contributed by atoms with van der Waals surface area (Å²) in [6.45, 7) is 1.51. The second-order valence-electron chi connectivity index (χ2n) is 1.09. The van der Waals surface area contributed by atoms with E-state index in [2.05, 4.69) is 0 Å². The Morgan fingerprint density at radius 1 is 1.67 bits per heavy atom. The van der Waals surface area contributed by atoms with Gasteiger partial charge in [-0.05, 0) is 0 Å². The molecule has 0 amide bonds. The topological polar surface area (TPSA) is 40.5 Å². The van der Waals surface area contributed by atoms with E-state index in [1.165, 1.54) is 6.92 Å². The van der Waals surface area contributed by atoms with Gasteiger partial charge in [-0.15, -0.1) is 11.6 Å². The molecule has 2 N–H and O–H groups in total. The minimum Gasteiger partial charge on any atom is -0.426 e. The maximum Gasteiger partial charge on any atom is 0.470 e. The van der Waals surface area contributed by atoms with Crippen molar-refractivity contribution < 1.29 is 10.0 Å². The molecule has 0 aromatic heterocycles. The molecule has 0 aliphatic carbocycles. The molecular formula is C2H6BClO2. The van der Waals surface area contributed by atoms with E-state index in [4.69, 9.17) is 21.6 Å². The van der Waals surface area contributed by atoms with Gasteiger partial charge in [0.2, 0.25) is 0 Å². The van der Waals surface area contributed by atoms with Crippen LogP contribution in [0.2, 0.25) is 0 Å². The summed E-state index contributed by atoms with van der Waals surface area (Å²) < 4.78 is 0. The van der Waals surface area contributed by atoms with E-state index in [1.807, 2.05) is 0 Å². The van der Waals surface area contributed by atoms with Crippen LogP contribution < -0.4 is 0 Å². The molecule has 1 unspecified atom stereocenters. The van der Waals surface area contributed by atoms with Crippen molar-refractivity contribution in [1.82, 2.24) is 0 Å². The third kappa shape index (κ3) is 2.51. The van der Waals surface area contributed by atoms with Gasteiger partial charge in [-0.2, -0.15) is 0 Å². The molecule has 0 radical (unpaired) electrons. The zero-order chi connectivity index (χ0) is 5.15. The van der Waals surface area contributed by atoms with Crippen molar-refractivity contribution in [1.29, 1.82) is 0 Å². The van der Waals surface area contributed by atoms with Gasteiger partial charge >= 0.3 is 7.12 Å². The minimum absolute atomic E-state index is 0.565. The molecule has 0 aromatic rings. The van der Waals surface area contributed by atoms with Crippen molar-refractivity contribution in [2.24, 2.45) is 0 Å². The molecule has 0 spiro atoms. The highest BCUT2D eigenvalue weighted by atomic mass is 35.5. The maximum absolute atomic E-state index is 8.05. The zero-order valence-corrected chi connectivity index (χ0v) is 4.18. The van der Waals surface area contributed by atoms with Crippen LogP contribution in [0.15, 0.2) is 0 Å². The first-order chi connectivity index (χ1) is 2.64. The average Bonchev–Trinajstić information content (AvgIpc) is 1.36.